The number of halogens is 3. The molecule has 3 nitrogen and oxygen atoms in total. The molecule has 21 heavy (non-hydrogen) atoms. The minimum atomic E-state index is -4.77. The molecule has 1 aromatic rings. The molecule has 0 saturated carbocycles. The van der Waals surface area contributed by atoms with Crippen LogP contribution in [0.3, 0.4) is 0 Å². The molecule has 1 N–H and O–H groups in total. The summed E-state index contributed by atoms with van der Waals surface area (Å²) in [4.78, 5) is 11.1. The first-order valence-corrected chi connectivity index (χ1v) is 7.44. The number of carbonyl (C=O) groups is 1. The average molecular weight is 318 g/mol. The number of carboxylic acid groups (broad SMARTS) is 1. The lowest BCUT2D eigenvalue weighted by atomic mass is 9.97. The molecule has 0 bridgehead atoms. The van der Waals surface area contributed by atoms with Crippen LogP contribution in [0.25, 0.3) is 6.08 Å². The predicted octanol–water partition coefficient (Wildman–Crippen LogP) is 3.65. The number of thioether (sulfide) groups is 1. The van der Waals surface area contributed by atoms with E-state index in [0.717, 1.165) is 11.6 Å². The van der Waals surface area contributed by atoms with Crippen LogP contribution in [-0.4, -0.2) is 29.6 Å². The van der Waals surface area contributed by atoms with E-state index in [9.17, 15) is 18.0 Å². The zero-order valence-corrected chi connectivity index (χ0v) is 12.1. The number of hydrogen-bond donors (Lipinski definition) is 1. The average Bonchev–Trinajstić information content (AvgIpc) is 2.36. The van der Waals surface area contributed by atoms with Crippen molar-refractivity contribution in [3.05, 3.63) is 34.4 Å². The van der Waals surface area contributed by atoms with E-state index in [2.05, 4.69) is 0 Å². The summed E-state index contributed by atoms with van der Waals surface area (Å²) in [6.45, 7) is 1.80. The van der Waals surface area contributed by atoms with Gasteiger partial charge in [-0.05, 0) is 30.9 Å². The highest BCUT2D eigenvalue weighted by Gasteiger charge is 2.48. The van der Waals surface area contributed by atoms with Crippen LogP contribution in [0.1, 0.15) is 16.7 Å². The van der Waals surface area contributed by atoms with E-state index in [0.29, 0.717) is 16.9 Å². The van der Waals surface area contributed by atoms with Crippen molar-refractivity contribution in [3.8, 4) is 5.75 Å². The van der Waals surface area contributed by atoms with Crippen LogP contribution in [-0.2, 0) is 10.5 Å². The Balaban J connectivity index is 2.60. The number of carboxylic acids is 1. The summed E-state index contributed by atoms with van der Waals surface area (Å²) in [6, 6.07) is 3.37. The molecule has 0 amide bonds. The van der Waals surface area contributed by atoms with Gasteiger partial charge in [0, 0.05) is 16.9 Å². The highest BCUT2D eigenvalue weighted by atomic mass is 32.2. The van der Waals surface area contributed by atoms with Crippen LogP contribution in [0.15, 0.2) is 17.7 Å². The molecule has 1 aliphatic heterocycles. The van der Waals surface area contributed by atoms with Gasteiger partial charge >= 0.3 is 12.1 Å². The zero-order valence-electron chi connectivity index (χ0n) is 11.3. The van der Waals surface area contributed by atoms with Crippen LogP contribution < -0.4 is 4.74 Å². The van der Waals surface area contributed by atoms with Crippen molar-refractivity contribution in [1.29, 1.82) is 0 Å². The van der Waals surface area contributed by atoms with E-state index in [-0.39, 0.29) is 5.75 Å². The second-order valence-electron chi connectivity index (χ2n) is 4.72. The summed E-state index contributed by atoms with van der Waals surface area (Å²) in [6.07, 6.45) is -4.33. The van der Waals surface area contributed by atoms with Gasteiger partial charge in [0.15, 0.2) is 0 Å². The van der Waals surface area contributed by atoms with Gasteiger partial charge in [0.05, 0.1) is 5.57 Å². The molecule has 0 saturated heterocycles. The number of aryl methyl sites for hydroxylation is 1. The van der Waals surface area contributed by atoms with Crippen LogP contribution in [0.2, 0.25) is 0 Å². The van der Waals surface area contributed by atoms with Crippen molar-refractivity contribution in [2.45, 2.75) is 25.0 Å². The molecule has 0 spiro atoms. The number of ether oxygens (including phenoxy) is 1. The molecule has 0 aliphatic carbocycles. The summed E-state index contributed by atoms with van der Waals surface area (Å²) in [5.74, 6) is -1.02. The number of rotatable bonds is 3. The van der Waals surface area contributed by atoms with Gasteiger partial charge in [-0.3, -0.25) is 0 Å². The SMILES string of the molecule is CSCc1cc(C)cc2c1OC(C(F)(F)F)C(C(=O)O)=C2. The lowest BCUT2D eigenvalue weighted by Gasteiger charge is -2.28. The highest BCUT2D eigenvalue weighted by molar-refractivity contribution is 7.97. The minimum Gasteiger partial charge on any atom is -0.478 e. The molecule has 1 atom stereocenters. The third kappa shape index (κ3) is 3.18. The number of hydrogen-bond acceptors (Lipinski definition) is 3. The Morgan fingerprint density at radius 2 is 2.10 bits per heavy atom. The molecule has 1 heterocycles. The molecule has 114 valence electrons. The summed E-state index contributed by atoms with van der Waals surface area (Å²) >= 11 is 1.45. The Hall–Kier alpha value is -1.63. The molecule has 2 rings (SSSR count). The Morgan fingerprint density at radius 3 is 2.62 bits per heavy atom. The first-order chi connectivity index (χ1) is 9.74. The maximum absolute atomic E-state index is 13.0. The Bertz CT molecular complexity index is 608. The van der Waals surface area contributed by atoms with E-state index in [1.165, 1.54) is 11.8 Å². The fourth-order valence-corrected chi connectivity index (χ4v) is 2.76. The molecular formula is C14H13F3O3S. The van der Waals surface area contributed by atoms with E-state index in [1.807, 2.05) is 6.26 Å². The summed E-state index contributed by atoms with van der Waals surface area (Å²) in [5.41, 5.74) is 1.05. The molecule has 1 unspecified atom stereocenters. The highest BCUT2D eigenvalue weighted by Crippen LogP contribution is 2.40. The van der Waals surface area contributed by atoms with E-state index in [1.54, 1.807) is 19.1 Å². The van der Waals surface area contributed by atoms with Gasteiger partial charge in [-0.15, -0.1) is 0 Å². The van der Waals surface area contributed by atoms with Crippen LogP contribution in [0.5, 0.6) is 5.75 Å². The number of aliphatic carboxylic acids is 1. The van der Waals surface area contributed by atoms with Gasteiger partial charge < -0.3 is 9.84 Å². The smallest absolute Gasteiger partial charge is 0.430 e. The normalized spacial score (nSPS) is 17.8. The Morgan fingerprint density at radius 1 is 1.43 bits per heavy atom. The third-order valence-corrected chi connectivity index (χ3v) is 3.61. The number of alkyl halides is 3. The van der Waals surface area contributed by atoms with Gasteiger partial charge in [-0.1, -0.05) is 6.07 Å². The van der Waals surface area contributed by atoms with Gasteiger partial charge in [0.25, 0.3) is 0 Å². The van der Waals surface area contributed by atoms with Crippen LogP contribution in [0.4, 0.5) is 13.2 Å². The fraction of sp³-hybridized carbons (Fsp3) is 0.357. The molecule has 1 aliphatic rings. The van der Waals surface area contributed by atoms with E-state index < -0.39 is 23.8 Å². The molecule has 0 aromatic heterocycles. The standard InChI is InChI=1S/C14H13F3O3S/c1-7-3-8-5-10(13(18)19)12(14(15,16)17)20-11(8)9(4-7)6-21-2/h3-5,12H,6H2,1-2H3,(H,18,19). The summed E-state index contributed by atoms with van der Waals surface area (Å²) in [7, 11) is 0. The lowest BCUT2D eigenvalue weighted by Crippen LogP contribution is -2.40. The van der Waals surface area contributed by atoms with Crippen molar-refractivity contribution in [2.75, 3.05) is 6.26 Å². The third-order valence-electron chi connectivity index (χ3n) is 3.01. The Kier molecular flexibility index (Phi) is 4.22. The van der Waals surface area contributed by atoms with Crippen molar-refractivity contribution in [2.24, 2.45) is 0 Å². The summed E-state index contributed by atoms with van der Waals surface area (Å²) in [5, 5.41) is 8.99. The lowest BCUT2D eigenvalue weighted by molar-refractivity contribution is -0.187. The van der Waals surface area contributed by atoms with E-state index >= 15 is 0 Å². The monoisotopic (exact) mass is 318 g/mol. The van der Waals surface area contributed by atoms with Crippen molar-refractivity contribution in [3.63, 3.8) is 0 Å². The van der Waals surface area contributed by atoms with Crippen molar-refractivity contribution < 1.29 is 27.8 Å². The molecule has 1 aromatic carbocycles. The zero-order chi connectivity index (χ0) is 15.8. The second kappa shape index (κ2) is 5.63. The minimum absolute atomic E-state index is 0.113. The maximum atomic E-state index is 13.0. The van der Waals surface area contributed by atoms with Crippen molar-refractivity contribution >= 4 is 23.8 Å². The number of fused-ring (bicyclic) bond motifs is 1. The van der Waals surface area contributed by atoms with Crippen LogP contribution in [0, 0.1) is 6.92 Å². The van der Waals surface area contributed by atoms with E-state index in [4.69, 9.17) is 9.84 Å². The molecule has 0 radical (unpaired) electrons. The molecule has 7 heteroatoms. The quantitative estimate of drug-likeness (QED) is 0.924. The largest absolute Gasteiger partial charge is 0.478 e. The van der Waals surface area contributed by atoms with Crippen LogP contribution >= 0.6 is 11.8 Å². The first-order valence-electron chi connectivity index (χ1n) is 6.04. The summed E-state index contributed by atoms with van der Waals surface area (Å²) < 4.78 is 44.0. The number of benzene rings is 1. The predicted molar refractivity (Wildman–Crippen MR) is 74.5 cm³/mol. The van der Waals surface area contributed by atoms with Gasteiger partial charge in [-0.25, -0.2) is 4.79 Å². The van der Waals surface area contributed by atoms with Gasteiger partial charge in [-0.2, -0.15) is 24.9 Å². The maximum Gasteiger partial charge on any atom is 0.430 e. The molecule has 0 fully saturated rings. The fourth-order valence-electron chi connectivity index (χ4n) is 2.23. The van der Waals surface area contributed by atoms with Gasteiger partial charge in [0.2, 0.25) is 6.10 Å². The Labute approximate surface area is 123 Å². The van der Waals surface area contributed by atoms with Gasteiger partial charge in [0.1, 0.15) is 5.75 Å². The topological polar surface area (TPSA) is 46.5 Å². The first kappa shape index (κ1) is 15.8. The van der Waals surface area contributed by atoms with Crippen molar-refractivity contribution in [1.82, 2.24) is 0 Å². The second-order valence-corrected chi connectivity index (χ2v) is 5.59. The molecular weight excluding hydrogens is 305 g/mol.